The summed E-state index contributed by atoms with van der Waals surface area (Å²) >= 11 is 0. The summed E-state index contributed by atoms with van der Waals surface area (Å²) in [6.07, 6.45) is 2.86. The first-order valence-corrected chi connectivity index (χ1v) is 8.43. The highest BCUT2D eigenvalue weighted by Gasteiger charge is 2.48. The summed E-state index contributed by atoms with van der Waals surface area (Å²) in [5, 5.41) is 0. The first kappa shape index (κ1) is 17.1. The standard InChI is InChI=1S/C21H20FNO2/c1-2-3-14-18(22)15-21(17-12-8-5-9-13-17)20(24)25-19(23-21)16-10-6-4-7-11-16/h4-14H,2-3,15H2,1H3/b18-14-. The lowest BCUT2D eigenvalue weighted by Gasteiger charge is -2.21. The summed E-state index contributed by atoms with van der Waals surface area (Å²) in [5.41, 5.74) is -0.0432. The molecular formula is C21H20FNO2. The van der Waals surface area contributed by atoms with E-state index in [4.69, 9.17) is 4.74 Å². The molecule has 128 valence electrons. The molecule has 2 aromatic rings. The van der Waals surface area contributed by atoms with Crippen LogP contribution in [-0.2, 0) is 15.1 Å². The van der Waals surface area contributed by atoms with Crippen LogP contribution < -0.4 is 0 Å². The number of halogens is 1. The Bertz CT molecular complexity index is 799. The van der Waals surface area contributed by atoms with Crippen molar-refractivity contribution < 1.29 is 13.9 Å². The van der Waals surface area contributed by atoms with Gasteiger partial charge in [0.15, 0.2) is 5.54 Å². The topological polar surface area (TPSA) is 38.7 Å². The van der Waals surface area contributed by atoms with Gasteiger partial charge in [0.2, 0.25) is 5.90 Å². The number of rotatable bonds is 6. The lowest BCUT2D eigenvalue weighted by molar-refractivity contribution is -0.139. The van der Waals surface area contributed by atoms with Gasteiger partial charge in [0.25, 0.3) is 0 Å². The van der Waals surface area contributed by atoms with Gasteiger partial charge in [-0.2, -0.15) is 0 Å². The normalized spacial score (nSPS) is 20.3. The molecule has 1 aliphatic rings. The predicted molar refractivity (Wildman–Crippen MR) is 95.9 cm³/mol. The number of unbranched alkanes of at least 4 members (excludes halogenated alkanes) is 1. The molecule has 2 aromatic carbocycles. The predicted octanol–water partition coefficient (Wildman–Crippen LogP) is 4.93. The van der Waals surface area contributed by atoms with Gasteiger partial charge in [-0.1, -0.05) is 68.0 Å². The third-order valence-electron chi connectivity index (χ3n) is 4.17. The number of hydrogen-bond acceptors (Lipinski definition) is 3. The number of hydrogen-bond donors (Lipinski definition) is 0. The third-order valence-corrected chi connectivity index (χ3v) is 4.17. The van der Waals surface area contributed by atoms with E-state index in [0.29, 0.717) is 17.5 Å². The van der Waals surface area contributed by atoms with Crippen molar-refractivity contribution in [3.63, 3.8) is 0 Å². The van der Waals surface area contributed by atoms with Crippen molar-refractivity contribution in [2.24, 2.45) is 4.99 Å². The number of aliphatic imine (C=N–C) groups is 1. The molecule has 25 heavy (non-hydrogen) atoms. The molecule has 1 heterocycles. The van der Waals surface area contributed by atoms with Crippen molar-refractivity contribution >= 4 is 11.9 Å². The zero-order chi connectivity index (χ0) is 17.7. The van der Waals surface area contributed by atoms with E-state index in [2.05, 4.69) is 4.99 Å². The Morgan fingerprint density at radius 3 is 2.40 bits per heavy atom. The molecule has 0 N–H and O–H groups in total. The fourth-order valence-corrected chi connectivity index (χ4v) is 2.85. The quantitative estimate of drug-likeness (QED) is 0.701. The number of esters is 1. The zero-order valence-corrected chi connectivity index (χ0v) is 14.1. The van der Waals surface area contributed by atoms with Gasteiger partial charge < -0.3 is 4.74 Å². The molecule has 0 saturated carbocycles. The molecule has 0 radical (unpaired) electrons. The molecule has 0 saturated heterocycles. The number of carbonyl (C=O) groups is 1. The number of ether oxygens (including phenoxy) is 1. The number of carbonyl (C=O) groups excluding carboxylic acids is 1. The van der Waals surface area contributed by atoms with Crippen molar-refractivity contribution in [1.29, 1.82) is 0 Å². The Morgan fingerprint density at radius 1 is 1.12 bits per heavy atom. The van der Waals surface area contributed by atoms with Crippen LogP contribution in [0.2, 0.25) is 0 Å². The first-order valence-electron chi connectivity index (χ1n) is 8.43. The lowest BCUT2D eigenvalue weighted by Crippen LogP contribution is -2.31. The molecule has 0 fully saturated rings. The van der Waals surface area contributed by atoms with E-state index < -0.39 is 11.5 Å². The van der Waals surface area contributed by atoms with Gasteiger partial charge in [0.05, 0.1) is 5.83 Å². The van der Waals surface area contributed by atoms with E-state index in [9.17, 15) is 9.18 Å². The number of nitrogens with zero attached hydrogens (tertiary/aromatic N) is 1. The Hall–Kier alpha value is -2.75. The lowest BCUT2D eigenvalue weighted by atomic mass is 9.87. The van der Waals surface area contributed by atoms with Crippen LogP contribution in [0.5, 0.6) is 0 Å². The molecule has 1 unspecified atom stereocenters. The van der Waals surface area contributed by atoms with E-state index in [1.165, 1.54) is 6.08 Å². The Morgan fingerprint density at radius 2 is 1.76 bits per heavy atom. The average molecular weight is 337 g/mol. The molecular weight excluding hydrogens is 317 g/mol. The molecule has 0 spiro atoms. The van der Waals surface area contributed by atoms with Gasteiger partial charge in [-0.3, -0.25) is 0 Å². The highest BCUT2D eigenvalue weighted by Crippen LogP contribution is 2.39. The van der Waals surface area contributed by atoms with Crippen LogP contribution in [0.3, 0.4) is 0 Å². The van der Waals surface area contributed by atoms with Crippen molar-refractivity contribution in [2.75, 3.05) is 0 Å². The average Bonchev–Trinajstić information content (AvgIpc) is 2.99. The summed E-state index contributed by atoms with van der Waals surface area (Å²) in [4.78, 5) is 17.3. The molecule has 0 aromatic heterocycles. The monoisotopic (exact) mass is 337 g/mol. The Labute approximate surface area is 146 Å². The fraction of sp³-hybridized carbons (Fsp3) is 0.238. The molecule has 4 heteroatoms. The fourth-order valence-electron chi connectivity index (χ4n) is 2.85. The highest BCUT2D eigenvalue weighted by molar-refractivity contribution is 6.08. The van der Waals surface area contributed by atoms with Gasteiger partial charge in [0, 0.05) is 12.0 Å². The van der Waals surface area contributed by atoms with Gasteiger partial charge in [-0.25, -0.2) is 14.2 Å². The Balaban J connectivity index is 2.05. The van der Waals surface area contributed by atoms with Crippen LogP contribution in [0.4, 0.5) is 4.39 Å². The van der Waals surface area contributed by atoms with E-state index in [0.717, 1.165) is 6.42 Å². The van der Waals surface area contributed by atoms with Gasteiger partial charge in [0.1, 0.15) is 0 Å². The molecule has 3 nitrogen and oxygen atoms in total. The zero-order valence-electron chi connectivity index (χ0n) is 14.1. The van der Waals surface area contributed by atoms with Crippen LogP contribution >= 0.6 is 0 Å². The third kappa shape index (κ3) is 3.53. The van der Waals surface area contributed by atoms with Crippen molar-refractivity contribution in [3.05, 3.63) is 83.7 Å². The minimum atomic E-state index is -1.37. The summed E-state index contributed by atoms with van der Waals surface area (Å²) in [5.74, 6) is -0.656. The molecule has 3 rings (SSSR count). The minimum Gasteiger partial charge on any atom is -0.405 e. The number of cyclic esters (lactones) is 1. The smallest absolute Gasteiger partial charge is 0.346 e. The SMILES string of the molecule is CCC/C=C(\F)CC1(c2ccccc2)N=C(c2ccccc2)OC1=O. The second-order valence-electron chi connectivity index (χ2n) is 6.02. The number of allylic oxidation sites excluding steroid dienone is 1. The summed E-state index contributed by atoms with van der Waals surface area (Å²) in [6.45, 7) is 1.98. The summed E-state index contributed by atoms with van der Waals surface area (Å²) in [6, 6.07) is 18.2. The molecule has 1 aliphatic heterocycles. The van der Waals surface area contributed by atoms with Crippen molar-refractivity contribution in [3.8, 4) is 0 Å². The van der Waals surface area contributed by atoms with Gasteiger partial charge in [-0.15, -0.1) is 0 Å². The van der Waals surface area contributed by atoms with E-state index >= 15 is 0 Å². The van der Waals surface area contributed by atoms with E-state index in [1.54, 1.807) is 12.1 Å². The maximum atomic E-state index is 14.5. The first-order chi connectivity index (χ1) is 12.2. The molecule has 0 bridgehead atoms. The minimum absolute atomic E-state index is 0.133. The van der Waals surface area contributed by atoms with Crippen molar-refractivity contribution in [2.45, 2.75) is 31.7 Å². The van der Waals surface area contributed by atoms with Crippen LogP contribution in [0.25, 0.3) is 0 Å². The van der Waals surface area contributed by atoms with E-state index in [1.807, 2.05) is 55.5 Å². The molecule has 1 atom stereocenters. The number of benzene rings is 2. The van der Waals surface area contributed by atoms with Gasteiger partial charge >= 0.3 is 5.97 Å². The van der Waals surface area contributed by atoms with Crippen LogP contribution in [0, 0.1) is 0 Å². The van der Waals surface area contributed by atoms with E-state index in [-0.39, 0.29) is 18.1 Å². The summed E-state index contributed by atoms with van der Waals surface area (Å²) < 4.78 is 19.9. The van der Waals surface area contributed by atoms with Gasteiger partial charge in [-0.05, 0) is 24.1 Å². The highest BCUT2D eigenvalue weighted by atomic mass is 19.1. The summed E-state index contributed by atoms with van der Waals surface area (Å²) in [7, 11) is 0. The van der Waals surface area contributed by atoms with Crippen LogP contribution in [0.1, 0.15) is 37.3 Å². The van der Waals surface area contributed by atoms with Crippen LogP contribution in [-0.4, -0.2) is 11.9 Å². The van der Waals surface area contributed by atoms with Crippen molar-refractivity contribution in [1.82, 2.24) is 0 Å². The maximum absolute atomic E-state index is 14.5. The second-order valence-corrected chi connectivity index (χ2v) is 6.02. The second kappa shape index (κ2) is 7.43. The molecule has 0 aliphatic carbocycles. The maximum Gasteiger partial charge on any atom is 0.346 e. The largest absolute Gasteiger partial charge is 0.405 e. The molecule has 0 amide bonds. The van der Waals surface area contributed by atoms with Crippen LogP contribution in [0.15, 0.2) is 77.6 Å². The Kier molecular flexibility index (Phi) is 5.08.